The predicted octanol–water partition coefficient (Wildman–Crippen LogP) is 4.93. The highest BCUT2D eigenvalue weighted by Gasteiger charge is 2.11. The van der Waals surface area contributed by atoms with E-state index in [1.807, 2.05) is 42.5 Å². The zero-order valence-electron chi connectivity index (χ0n) is 14.9. The van der Waals surface area contributed by atoms with E-state index in [0.717, 1.165) is 28.7 Å². The average Bonchev–Trinajstić information content (AvgIpc) is 2.67. The molecule has 0 saturated heterocycles. The third-order valence-electron chi connectivity index (χ3n) is 4.56. The summed E-state index contributed by atoms with van der Waals surface area (Å²) >= 11 is 6.06. The molecule has 4 heteroatoms. The van der Waals surface area contributed by atoms with Gasteiger partial charge < -0.3 is 15.2 Å². The van der Waals surface area contributed by atoms with Crippen LogP contribution in [0.15, 0.2) is 60.7 Å². The van der Waals surface area contributed by atoms with Gasteiger partial charge in [0, 0.05) is 23.2 Å². The van der Waals surface area contributed by atoms with Gasteiger partial charge in [0.25, 0.3) is 0 Å². The number of hydrogen-bond acceptors (Lipinski definition) is 3. The Morgan fingerprint density at radius 3 is 2.69 bits per heavy atom. The summed E-state index contributed by atoms with van der Waals surface area (Å²) in [6, 6.07) is 20.2. The smallest absolute Gasteiger partial charge is 0.124 e. The van der Waals surface area contributed by atoms with Gasteiger partial charge in [0.2, 0.25) is 0 Å². The maximum absolute atomic E-state index is 9.46. The number of aliphatic hydroxyl groups is 1. The van der Waals surface area contributed by atoms with Crippen LogP contribution in [0.4, 0.5) is 0 Å². The first-order valence-electron chi connectivity index (χ1n) is 8.93. The second-order valence-corrected chi connectivity index (χ2v) is 6.79. The third-order valence-corrected chi connectivity index (χ3v) is 4.80. The van der Waals surface area contributed by atoms with Crippen LogP contribution in [0, 0.1) is 0 Å². The molecule has 2 N–H and O–H groups in total. The van der Waals surface area contributed by atoms with Crippen LogP contribution in [0.25, 0.3) is 10.8 Å². The van der Waals surface area contributed by atoms with Gasteiger partial charge in [-0.2, -0.15) is 0 Å². The van der Waals surface area contributed by atoms with E-state index < -0.39 is 0 Å². The lowest BCUT2D eigenvalue weighted by molar-refractivity contribution is 0.237. The van der Waals surface area contributed by atoms with E-state index in [2.05, 4.69) is 30.4 Å². The Kier molecular flexibility index (Phi) is 6.51. The first kappa shape index (κ1) is 18.7. The molecule has 0 aliphatic rings. The van der Waals surface area contributed by atoms with E-state index in [0.29, 0.717) is 18.2 Å². The molecule has 0 aromatic heterocycles. The number of ether oxygens (including phenoxy) is 1. The van der Waals surface area contributed by atoms with E-state index >= 15 is 0 Å². The van der Waals surface area contributed by atoms with Crippen molar-refractivity contribution >= 4 is 22.4 Å². The number of benzene rings is 3. The molecule has 1 atom stereocenters. The van der Waals surface area contributed by atoms with E-state index in [9.17, 15) is 5.11 Å². The zero-order chi connectivity index (χ0) is 18.4. The third kappa shape index (κ3) is 4.55. The predicted molar refractivity (Wildman–Crippen MR) is 108 cm³/mol. The molecule has 0 bridgehead atoms. The summed E-state index contributed by atoms with van der Waals surface area (Å²) in [5.41, 5.74) is 2.14. The van der Waals surface area contributed by atoms with Gasteiger partial charge in [-0.3, -0.25) is 0 Å². The summed E-state index contributed by atoms with van der Waals surface area (Å²) in [4.78, 5) is 0. The number of rotatable bonds is 8. The molecular weight excluding hydrogens is 346 g/mol. The molecule has 0 amide bonds. The minimum atomic E-state index is 0.0785. The molecule has 3 rings (SSSR count). The molecule has 0 aliphatic heterocycles. The molecule has 0 aliphatic carbocycles. The molecule has 0 saturated carbocycles. The molecule has 3 nitrogen and oxygen atoms in total. The zero-order valence-corrected chi connectivity index (χ0v) is 15.7. The Morgan fingerprint density at radius 2 is 1.92 bits per heavy atom. The molecule has 3 aromatic carbocycles. The van der Waals surface area contributed by atoms with Crippen LogP contribution in [-0.4, -0.2) is 17.8 Å². The largest absolute Gasteiger partial charge is 0.489 e. The first-order chi connectivity index (χ1) is 12.7. The number of hydrogen-bond donors (Lipinski definition) is 2. The molecule has 26 heavy (non-hydrogen) atoms. The van der Waals surface area contributed by atoms with Crippen LogP contribution < -0.4 is 10.1 Å². The van der Waals surface area contributed by atoms with E-state index in [1.54, 1.807) is 0 Å². The molecular formula is C22H24ClNO2. The summed E-state index contributed by atoms with van der Waals surface area (Å²) in [6.07, 6.45) is 0.875. The maximum atomic E-state index is 9.46. The van der Waals surface area contributed by atoms with Gasteiger partial charge in [-0.25, -0.2) is 0 Å². The van der Waals surface area contributed by atoms with Gasteiger partial charge in [0.1, 0.15) is 12.4 Å². The number of nitrogens with one attached hydrogen (secondary N) is 1. The Labute approximate surface area is 159 Å². The van der Waals surface area contributed by atoms with Crippen LogP contribution in [0.3, 0.4) is 0 Å². The minimum Gasteiger partial charge on any atom is -0.489 e. The van der Waals surface area contributed by atoms with Crippen LogP contribution in [0.5, 0.6) is 5.75 Å². The number of halogens is 1. The van der Waals surface area contributed by atoms with Gasteiger partial charge >= 0.3 is 0 Å². The standard InChI is InChI=1S/C22H24ClNO2/c1-2-19(14-25)24-13-21-20-9-4-3-7-17(20)10-11-22(21)26-15-16-6-5-8-18(23)12-16/h3-12,19,24-25H,2,13-15H2,1H3. The van der Waals surface area contributed by atoms with Crippen LogP contribution in [0.1, 0.15) is 24.5 Å². The van der Waals surface area contributed by atoms with Gasteiger partial charge in [0.15, 0.2) is 0 Å². The van der Waals surface area contributed by atoms with E-state index in [4.69, 9.17) is 16.3 Å². The number of fused-ring (bicyclic) bond motifs is 1. The van der Waals surface area contributed by atoms with Gasteiger partial charge in [-0.1, -0.05) is 61.0 Å². The molecule has 0 heterocycles. The first-order valence-corrected chi connectivity index (χ1v) is 9.31. The topological polar surface area (TPSA) is 41.5 Å². The molecule has 3 aromatic rings. The van der Waals surface area contributed by atoms with Gasteiger partial charge in [-0.05, 0) is 41.0 Å². The van der Waals surface area contributed by atoms with Crippen molar-refractivity contribution in [3.8, 4) is 5.75 Å². The van der Waals surface area contributed by atoms with Crippen molar-refractivity contribution in [3.63, 3.8) is 0 Å². The fourth-order valence-electron chi connectivity index (χ4n) is 3.01. The summed E-state index contributed by atoms with van der Waals surface area (Å²) in [6.45, 7) is 3.29. The van der Waals surface area contributed by atoms with Crippen molar-refractivity contribution in [3.05, 3.63) is 76.8 Å². The lowest BCUT2D eigenvalue weighted by atomic mass is 10.0. The van der Waals surface area contributed by atoms with Gasteiger partial charge in [-0.15, -0.1) is 0 Å². The summed E-state index contributed by atoms with van der Waals surface area (Å²) in [5.74, 6) is 0.851. The molecule has 0 fully saturated rings. The highest BCUT2D eigenvalue weighted by atomic mass is 35.5. The Hall–Kier alpha value is -2.07. The lowest BCUT2D eigenvalue weighted by Gasteiger charge is -2.18. The summed E-state index contributed by atoms with van der Waals surface area (Å²) in [7, 11) is 0. The van der Waals surface area contributed by atoms with Crippen molar-refractivity contribution in [2.24, 2.45) is 0 Å². The fraction of sp³-hybridized carbons (Fsp3) is 0.273. The molecule has 0 spiro atoms. The highest BCUT2D eigenvalue weighted by molar-refractivity contribution is 6.30. The van der Waals surface area contributed by atoms with Crippen molar-refractivity contribution < 1.29 is 9.84 Å². The van der Waals surface area contributed by atoms with Crippen LogP contribution in [-0.2, 0) is 13.2 Å². The SMILES string of the molecule is CCC(CO)NCc1c(OCc2cccc(Cl)c2)ccc2ccccc12. The van der Waals surface area contributed by atoms with Gasteiger partial charge in [0.05, 0.1) is 6.61 Å². The minimum absolute atomic E-state index is 0.0785. The Morgan fingerprint density at radius 1 is 1.08 bits per heavy atom. The second kappa shape index (κ2) is 9.04. The quantitative estimate of drug-likeness (QED) is 0.591. The maximum Gasteiger partial charge on any atom is 0.124 e. The van der Waals surface area contributed by atoms with Crippen molar-refractivity contribution in [1.82, 2.24) is 5.32 Å². The average molecular weight is 370 g/mol. The Bertz CT molecular complexity index is 862. The summed E-state index contributed by atoms with van der Waals surface area (Å²) in [5, 5.41) is 15.9. The lowest BCUT2D eigenvalue weighted by Crippen LogP contribution is -2.31. The van der Waals surface area contributed by atoms with E-state index in [-0.39, 0.29) is 12.6 Å². The Balaban J connectivity index is 1.86. The number of aliphatic hydroxyl groups excluding tert-OH is 1. The molecule has 136 valence electrons. The monoisotopic (exact) mass is 369 g/mol. The van der Waals surface area contributed by atoms with Crippen molar-refractivity contribution in [1.29, 1.82) is 0 Å². The highest BCUT2D eigenvalue weighted by Crippen LogP contribution is 2.29. The molecule has 1 unspecified atom stereocenters. The van der Waals surface area contributed by atoms with Crippen molar-refractivity contribution in [2.45, 2.75) is 32.5 Å². The fourth-order valence-corrected chi connectivity index (χ4v) is 3.22. The normalized spacial score (nSPS) is 12.3. The second-order valence-electron chi connectivity index (χ2n) is 6.35. The van der Waals surface area contributed by atoms with Crippen LogP contribution >= 0.6 is 11.6 Å². The summed E-state index contributed by atoms with van der Waals surface area (Å²) < 4.78 is 6.12. The van der Waals surface area contributed by atoms with Crippen LogP contribution in [0.2, 0.25) is 5.02 Å². The van der Waals surface area contributed by atoms with Crippen molar-refractivity contribution in [2.75, 3.05) is 6.61 Å². The van der Waals surface area contributed by atoms with E-state index in [1.165, 1.54) is 5.39 Å². The molecule has 0 radical (unpaired) electrons.